The average molecular weight is 275 g/mol. The lowest BCUT2D eigenvalue weighted by molar-refractivity contribution is -0.138. The van der Waals surface area contributed by atoms with Gasteiger partial charge in [-0.3, -0.25) is 4.90 Å². The van der Waals surface area contributed by atoms with E-state index in [9.17, 15) is 18.0 Å². The third-order valence-corrected chi connectivity index (χ3v) is 2.95. The lowest BCUT2D eigenvalue weighted by Gasteiger charge is -2.21. The number of halogens is 3. The van der Waals surface area contributed by atoms with Crippen LogP contribution in [-0.2, 0) is 17.5 Å². The lowest BCUT2D eigenvalue weighted by atomic mass is 10.1. The Labute approximate surface area is 107 Å². The first kappa shape index (κ1) is 13.7. The summed E-state index contributed by atoms with van der Waals surface area (Å²) in [5.41, 5.74) is -0.807. The van der Waals surface area contributed by atoms with Crippen molar-refractivity contribution in [2.45, 2.75) is 18.8 Å². The Morgan fingerprint density at radius 1 is 1.37 bits per heavy atom. The molecule has 0 saturated carbocycles. The first-order valence-electron chi connectivity index (χ1n) is 5.63. The third-order valence-electron chi connectivity index (χ3n) is 2.95. The summed E-state index contributed by atoms with van der Waals surface area (Å²) in [6, 6.07) is 4.43. The highest BCUT2D eigenvalue weighted by atomic mass is 19.4. The number of benzene rings is 1. The molecule has 0 unspecified atom stereocenters. The van der Waals surface area contributed by atoms with Crippen molar-refractivity contribution in [3.05, 3.63) is 35.4 Å². The van der Waals surface area contributed by atoms with Crippen molar-refractivity contribution in [3.63, 3.8) is 0 Å². The first-order valence-corrected chi connectivity index (χ1v) is 5.63. The molecule has 1 fully saturated rings. The highest BCUT2D eigenvalue weighted by Crippen LogP contribution is 2.33. The molecule has 1 aliphatic heterocycles. The predicted molar refractivity (Wildman–Crippen MR) is 59.2 cm³/mol. The molecule has 4 nitrogen and oxygen atoms in total. The lowest BCUT2D eigenvalue weighted by Crippen LogP contribution is -2.36. The molecule has 1 aromatic rings. The molecule has 1 amide bonds. The zero-order valence-electron chi connectivity index (χ0n) is 9.85. The normalized spacial score (nSPS) is 19.7. The van der Waals surface area contributed by atoms with Crippen LogP contribution < -0.4 is 0 Å². The van der Waals surface area contributed by atoms with Gasteiger partial charge in [0.1, 0.15) is 6.61 Å². The van der Waals surface area contributed by atoms with Gasteiger partial charge in [0, 0.05) is 0 Å². The van der Waals surface area contributed by atoms with E-state index in [0.717, 1.165) is 11.0 Å². The van der Waals surface area contributed by atoms with E-state index >= 15 is 0 Å². The summed E-state index contributed by atoms with van der Waals surface area (Å²) in [5.74, 6) is 0. The molecule has 0 aromatic heterocycles. The highest BCUT2D eigenvalue weighted by Gasteiger charge is 2.37. The molecule has 104 valence electrons. The second-order valence-electron chi connectivity index (χ2n) is 4.20. The van der Waals surface area contributed by atoms with E-state index < -0.39 is 23.9 Å². The SMILES string of the molecule is O=C1OC[C@@H](CO)N1Cc1ccccc1C(F)(F)F. The molecule has 1 saturated heterocycles. The number of rotatable bonds is 3. The van der Waals surface area contributed by atoms with Crippen LogP contribution in [0.1, 0.15) is 11.1 Å². The van der Waals surface area contributed by atoms with E-state index in [1.807, 2.05) is 0 Å². The van der Waals surface area contributed by atoms with Crippen molar-refractivity contribution in [2.75, 3.05) is 13.2 Å². The number of aliphatic hydroxyl groups is 1. The van der Waals surface area contributed by atoms with Crippen molar-refractivity contribution < 1.29 is 27.8 Å². The van der Waals surface area contributed by atoms with Crippen LogP contribution in [0.15, 0.2) is 24.3 Å². The maximum Gasteiger partial charge on any atom is 0.416 e. The maximum atomic E-state index is 12.8. The molecule has 19 heavy (non-hydrogen) atoms. The van der Waals surface area contributed by atoms with Crippen LogP contribution in [0.25, 0.3) is 0 Å². The Balaban J connectivity index is 2.26. The highest BCUT2D eigenvalue weighted by molar-refractivity contribution is 5.70. The fraction of sp³-hybridized carbons (Fsp3) is 0.417. The predicted octanol–water partition coefficient (Wildman–Crippen LogP) is 2.02. The molecule has 2 rings (SSSR count). The van der Waals surface area contributed by atoms with Crippen LogP contribution in [0.2, 0.25) is 0 Å². The van der Waals surface area contributed by atoms with Gasteiger partial charge >= 0.3 is 12.3 Å². The van der Waals surface area contributed by atoms with Gasteiger partial charge in [-0.25, -0.2) is 4.79 Å². The number of alkyl halides is 3. The third kappa shape index (κ3) is 2.81. The van der Waals surface area contributed by atoms with Crippen molar-refractivity contribution in [3.8, 4) is 0 Å². The summed E-state index contributed by atoms with van der Waals surface area (Å²) in [6.45, 7) is -0.594. The fourth-order valence-electron chi connectivity index (χ4n) is 1.95. The maximum absolute atomic E-state index is 12.8. The van der Waals surface area contributed by atoms with Crippen molar-refractivity contribution in [1.29, 1.82) is 0 Å². The summed E-state index contributed by atoms with van der Waals surface area (Å²) < 4.78 is 43.2. The Kier molecular flexibility index (Phi) is 3.66. The summed E-state index contributed by atoms with van der Waals surface area (Å²) in [7, 11) is 0. The van der Waals surface area contributed by atoms with Gasteiger partial charge in [0.05, 0.1) is 24.8 Å². The van der Waals surface area contributed by atoms with Crippen LogP contribution in [0.5, 0.6) is 0 Å². The fourth-order valence-corrected chi connectivity index (χ4v) is 1.95. The largest absolute Gasteiger partial charge is 0.447 e. The second-order valence-corrected chi connectivity index (χ2v) is 4.20. The minimum Gasteiger partial charge on any atom is -0.447 e. The molecule has 1 N–H and O–H groups in total. The number of cyclic esters (lactones) is 1. The van der Waals surface area contributed by atoms with E-state index in [0.29, 0.717) is 0 Å². The first-order chi connectivity index (χ1) is 8.93. The smallest absolute Gasteiger partial charge is 0.416 e. The number of aliphatic hydroxyl groups excluding tert-OH is 1. The Morgan fingerprint density at radius 2 is 2.05 bits per heavy atom. The molecule has 0 radical (unpaired) electrons. The van der Waals surface area contributed by atoms with Gasteiger partial charge in [-0.15, -0.1) is 0 Å². The Morgan fingerprint density at radius 3 is 2.68 bits per heavy atom. The molecule has 1 atom stereocenters. The molecule has 0 bridgehead atoms. The molecular weight excluding hydrogens is 263 g/mol. The standard InChI is InChI=1S/C12H12F3NO3/c13-12(14,15)10-4-2-1-3-8(10)5-16-9(6-17)7-19-11(16)18/h1-4,9,17H,5-7H2/t9-/m1/s1. The van der Waals surface area contributed by atoms with E-state index in [4.69, 9.17) is 9.84 Å². The summed E-state index contributed by atoms with van der Waals surface area (Å²) in [5, 5.41) is 9.07. The van der Waals surface area contributed by atoms with Gasteiger partial charge < -0.3 is 9.84 Å². The molecule has 1 heterocycles. The van der Waals surface area contributed by atoms with Crippen LogP contribution in [0.4, 0.5) is 18.0 Å². The molecule has 1 aromatic carbocycles. The number of carbonyl (C=O) groups is 1. The van der Waals surface area contributed by atoms with E-state index in [1.54, 1.807) is 0 Å². The van der Waals surface area contributed by atoms with Crippen LogP contribution >= 0.6 is 0 Å². The van der Waals surface area contributed by atoms with Crippen molar-refractivity contribution in [2.24, 2.45) is 0 Å². The molecule has 7 heteroatoms. The summed E-state index contributed by atoms with van der Waals surface area (Å²) in [4.78, 5) is 12.5. The number of carbonyl (C=O) groups excluding carboxylic acids is 1. The molecular formula is C12H12F3NO3. The number of hydrogen-bond acceptors (Lipinski definition) is 3. The van der Waals surface area contributed by atoms with Crippen LogP contribution in [0.3, 0.4) is 0 Å². The van der Waals surface area contributed by atoms with E-state index in [1.165, 1.54) is 18.2 Å². The van der Waals surface area contributed by atoms with Gasteiger partial charge in [0.15, 0.2) is 0 Å². The number of hydrogen-bond donors (Lipinski definition) is 1. The second kappa shape index (κ2) is 5.08. The minimum atomic E-state index is -4.48. The summed E-state index contributed by atoms with van der Waals surface area (Å²) >= 11 is 0. The van der Waals surface area contributed by atoms with Crippen molar-refractivity contribution in [1.82, 2.24) is 4.90 Å². The van der Waals surface area contributed by atoms with Gasteiger partial charge in [0.25, 0.3) is 0 Å². The van der Waals surface area contributed by atoms with Crippen molar-refractivity contribution >= 4 is 6.09 Å². The minimum absolute atomic E-state index is 0.0104. The number of nitrogens with zero attached hydrogens (tertiary/aromatic N) is 1. The Bertz CT molecular complexity index is 476. The van der Waals surface area contributed by atoms with E-state index in [-0.39, 0.29) is 25.3 Å². The van der Waals surface area contributed by atoms with Crippen LogP contribution in [0, 0.1) is 0 Å². The average Bonchev–Trinajstić information content (AvgIpc) is 2.70. The van der Waals surface area contributed by atoms with Gasteiger partial charge in [-0.1, -0.05) is 18.2 Å². The molecule has 1 aliphatic rings. The molecule has 0 aliphatic carbocycles. The molecule has 0 spiro atoms. The van der Waals surface area contributed by atoms with Gasteiger partial charge in [0.2, 0.25) is 0 Å². The monoisotopic (exact) mass is 275 g/mol. The quantitative estimate of drug-likeness (QED) is 0.918. The van der Waals surface area contributed by atoms with Gasteiger partial charge in [-0.05, 0) is 11.6 Å². The Hall–Kier alpha value is -1.76. The van der Waals surface area contributed by atoms with Crippen LogP contribution in [-0.4, -0.2) is 35.4 Å². The van der Waals surface area contributed by atoms with Gasteiger partial charge in [-0.2, -0.15) is 13.2 Å². The number of ether oxygens (including phenoxy) is 1. The van der Waals surface area contributed by atoms with E-state index in [2.05, 4.69) is 0 Å². The zero-order valence-corrected chi connectivity index (χ0v) is 9.85. The zero-order chi connectivity index (χ0) is 14.0. The summed E-state index contributed by atoms with van der Waals surface area (Å²) in [6.07, 6.45) is -5.19. The topological polar surface area (TPSA) is 49.8 Å². The number of amides is 1.